The maximum absolute atomic E-state index is 11.7. The van der Waals surface area contributed by atoms with E-state index in [0.29, 0.717) is 12.3 Å². The molecule has 0 aromatic carbocycles. The van der Waals surface area contributed by atoms with Gasteiger partial charge in [0.2, 0.25) is 5.91 Å². The van der Waals surface area contributed by atoms with E-state index in [9.17, 15) is 4.79 Å². The number of thiophene rings is 1. The van der Waals surface area contributed by atoms with Gasteiger partial charge in [-0.2, -0.15) is 0 Å². The molecule has 0 saturated carbocycles. The van der Waals surface area contributed by atoms with Crippen LogP contribution in [0.4, 0.5) is 0 Å². The second-order valence-corrected chi connectivity index (χ2v) is 5.98. The van der Waals surface area contributed by atoms with Crippen LogP contribution in [0, 0.1) is 5.92 Å². The van der Waals surface area contributed by atoms with E-state index >= 15 is 0 Å². The minimum atomic E-state index is 0.206. The zero-order valence-corrected chi connectivity index (χ0v) is 11.6. The van der Waals surface area contributed by atoms with Crippen LogP contribution in [0.2, 0.25) is 0 Å². The Balaban J connectivity index is 1.54. The number of hydrogen-bond donors (Lipinski definition) is 2. The number of carbonyl (C=O) groups is 1. The zero-order valence-electron chi connectivity index (χ0n) is 10.8. The highest BCUT2D eigenvalue weighted by Crippen LogP contribution is 2.12. The fraction of sp³-hybridized carbons (Fsp3) is 0.643. The van der Waals surface area contributed by atoms with Crippen molar-refractivity contribution in [3.8, 4) is 0 Å². The van der Waals surface area contributed by atoms with Crippen LogP contribution in [0.25, 0.3) is 0 Å². The molecule has 0 aliphatic carbocycles. The summed E-state index contributed by atoms with van der Waals surface area (Å²) in [6.07, 6.45) is 5.10. The average Bonchev–Trinajstić information content (AvgIpc) is 2.91. The van der Waals surface area contributed by atoms with E-state index in [4.69, 9.17) is 0 Å². The standard InChI is InChI=1S/C14H22N2OS/c17-14(7-1-5-13-6-3-9-18-13)16-11-12-4-2-8-15-10-12/h3,6,9,12,15H,1-2,4-5,7-8,10-11H2,(H,16,17). The van der Waals surface area contributed by atoms with Gasteiger partial charge in [-0.1, -0.05) is 6.07 Å². The molecule has 2 N–H and O–H groups in total. The summed E-state index contributed by atoms with van der Waals surface area (Å²) in [4.78, 5) is 13.1. The summed E-state index contributed by atoms with van der Waals surface area (Å²) in [5.74, 6) is 0.831. The molecule has 0 bridgehead atoms. The van der Waals surface area contributed by atoms with Gasteiger partial charge in [-0.3, -0.25) is 4.79 Å². The first-order valence-electron chi connectivity index (χ1n) is 6.84. The Morgan fingerprint density at radius 3 is 3.22 bits per heavy atom. The van der Waals surface area contributed by atoms with Crippen molar-refractivity contribution in [1.82, 2.24) is 10.6 Å². The first-order chi connectivity index (χ1) is 8.84. The molecule has 1 fully saturated rings. The van der Waals surface area contributed by atoms with Crippen molar-refractivity contribution in [2.24, 2.45) is 5.92 Å². The van der Waals surface area contributed by atoms with Gasteiger partial charge in [0.25, 0.3) is 0 Å². The van der Waals surface area contributed by atoms with Gasteiger partial charge in [-0.25, -0.2) is 0 Å². The molecule has 1 saturated heterocycles. The van der Waals surface area contributed by atoms with Crippen molar-refractivity contribution in [2.75, 3.05) is 19.6 Å². The summed E-state index contributed by atoms with van der Waals surface area (Å²) in [5.41, 5.74) is 0. The minimum Gasteiger partial charge on any atom is -0.356 e. The third-order valence-electron chi connectivity index (χ3n) is 3.39. The summed E-state index contributed by atoms with van der Waals surface area (Å²) in [5, 5.41) is 8.52. The Morgan fingerprint density at radius 2 is 2.50 bits per heavy atom. The smallest absolute Gasteiger partial charge is 0.220 e. The molecule has 100 valence electrons. The van der Waals surface area contributed by atoms with Crippen LogP contribution >= 0.6 is 11.3 Å². The monoisotopic (exact) mass is 266 g/mol. The van der Waals surface area contributed by atoms with Gasteiger partial charge in [-0.05, 0) is 56.1 Å². The predicted octanol–water partition coefficient (Wildman–Crippen LogP) is 2.19. The first kappa shape index (κ1) is 13.6. The van der Waals surface area contributed by atoms with Gasteiger partial charge in [0.05, 0.1) is 0 Å². The number of aryl methyl sites for hydroxylation is 1. The Kier molecular flexibility index (Phi) is 5.68. The minimum absolute atomic E-state index is 0.206. The summed E-state index contributed by atoms with van der Waals surface area (Å²) < 4.78 is 0. The molecule has 1 aromatic rings. The van der Waals surface area contributed by atoms with Crippen LogP contribution in [0.1, 0.15) is 30.6 Å². The molecule has 0 spiro atoms. The van der Waals surface area contributed by atoms with Gasteiger partial charge < -0.3 is 10.6 Å². The van der Waals surface area contributed by atoms with Crippen molar-refractivity contribution in [3.05, 3.63) is 22.4 Å². The fourth-order valence-corrected chi connectivity index (χ4v) is 3.07. The van der Waals surface area contributed by atoms with Gasteiger partial charge in [0, 0.05) is 17.8 Å². The van der Waals surface area contributed by atoms with E-state index in [1.165, 1.54) is 17.7 Å². The normalized spacial score (nSPS) is 19.7. The number of hydrogen-bond acceptors (Lipinski definition) is 3. The van der Waals surface area contributed by atoms with Crippen molar-refractivity contribution < 1.29 is 4.79 Å². The highest BCUT2D eigenvalue weighted by Gasteiger charge is 2.13. The first-order valence-corrected chi connectivity index (χ1v) is 7.72. The molecule has 2 rings (SSSR count). The zero-order chi connectivity index (χ0) is 12.6. The summed E-state index contributed by atoms with van der Waals surface area (Å²) in [6.45, 7) is 3.02. The van der Waals surface area contributed by atoms with Gasteiger partial charge in [0.1, 0.15) is 0 Å². The lowest BCUT2D eigenvalue weighted by atomic mass is 10.00. The van der Waals surface area contributed by atoms with Crippen molar-refractivity contribution in [1.29, 1.82) is 0 Å². The number of rotatable bonds is 6. The largest absolute Gasteiger partial charge is 0.356 e. The maximum Gasteiger partial charge on any atom is 0.220 e. The molecule has 3 nitrogen and oxygen atoms in total. The molecule has 1 amide bonds. The van der Waals surface area contributed by atoms with E-state index < -0.39 is 0 Å². The molecule has 2 heterocycles. The van der Waals surface area contributed by atoms with Crippen LogP contribution in [0.15, 0.2) is 17.5 Å². The van der Waals surface area contributed by atoms with E-state index in [1.807, 2.05) is 0 Å². The van der Waals surface area contributed by atoms with E-state index in [0.717, 1.165) is 32.5 Å². The van der Waals surface area contributed by atoms with Crippen LogP contribution < -0.4 is 10.6 Å². The van der Waals surface area contributed by atoms with Crippen LogP contribution in [-0.2, 0) is 11.2 Å². The number of amides is 1. The van der Waals surface area contributed by atoms with E-state index in [-0.39, 0.29) is 5.91 Å². The van der Waals surface area contributed by atoms with Crippen molar-refractivity contribution >= 4 is 17.2 Å². The summed E-state index contributed by atoms with van der Waals surface area (Å²) in [6, 6.07) is 4.20. The molecule has 1 unspecified atom stereocenters. The van der Waals surface area contributed by atoms with E-state index in [1.54, 1.807) is 11.3 Å². The molecule has 1 aliphatic heterocycles. The Morgan fingerprint density at radius 1 is 1.56 bits per heavy atom. The lowest BCUT2D eigenvalue weighted by molar-refractivity contribution is -0.121. The summed E-state index contributed by atoms with van der Waals surface area (Å²) in [7, 11) is 0. The summed E-state index contributed by atoms with van der Waals surface area (Å²) >= 11 is 1.77. The highest BCUT2D eigenvalue weighted by molar-refractivity contribution is 7.09. The van der Waals surface area contributed by atoms with Crippen LogP contribution in [0.3, 0.4) is 0 Å². The second-order valence-electron chi connectivity index (χ2n) is 4.95. The highest BCUT2D eigenvalue weighted by atomic mass is 32.1. The molecular weight excluding hydrogens is 244 g/mol. The van der Waals surface area contributed by atoms with Crippen molar-refractivity contribution in [3.63, 3.8) is 0 Å². The Bertz CT molecular complexity index is 345. The average molecular weight is 266 g/mol. The molecule has 18 heavy (non-hydrogen) atoms. The van der Waals surface area contributed by atoms with Gasteiger partial charge in [-0.15, -0.1) is 11.3 Å². The van der Waals surface area contributed by atoms with Gasteiger partial charge in [0.15, 0.2) is 0 Å². The second kappa shape index (κ2) is 7.54. The lowest BCUT2D eigenvalue weighted by Crippen LogP contribution is -2.38. The third kappa shape index (κ3) is 4.78. The quantitative estimate of drug-likeness (QED) is 0.828. The topological polar surface area (TPSA) is 41.1 Å². The fourth-order valence-electron chi connectivity index (χ4n) is 2.32. The number of nitrogens with one attached hydrogen (secondary N) is 2. The molecule has 1 aliphatic rings. The van der Waals surface area contributed by atoms with Crippen LogP contribution in [0.5, 0.6) is 0 Å². The molecule has 0 radical (unpaired) electrons. The predicted molar refractivity (Wildman–Crippen MR) is 75.9 cm³/mol. The molecule has 4 heteroatoms. The lowest BCUT2D eigenvalue weighted by Gasteiger charge is -2.22. The van der Waals surface area contributed by atoms with E-state index in [2.05, 4.69) is 28.1 Å². The molecule has 1 aromatic heterocycles. The third-order valence-corrected chi connectivity index (χ3v) is 4.33. The van der Waals surface area contributed by atoms with Crippen LogP contribution in [-0.4, -0.2) is 25.5 Å². The van der Waals surface area contributed by atoms with Crippen molar-refractivity contribution in [2.45, 2.75) is 32.1 Å². The van der Waals surface area contributed by atoms with Gasteiger partial charge >= 0.3 is 0 Å². The Labute approximate surface area is 113 Å². The molecular formula is C14H22N2OS. The maximum atomic E-state index is 11.7. The number of piperidine rings is 1. The molecule has 1 atom stereocenters. The SMILES string of the molecule is O=C(CCCc1cccs1)NCC1CCCNC1. The number of carbonyl (C=O) groups excluding carboxylic acids is 1. The Hall–Kier alpha value is -0.870.